The molecule has 0 aliphatic heterocycles. The molecule has 0 unspecified atom stereocenters. The van der Waals surface area contributed by atoms with Gasteiger partial charge in [0.25, 0.3) is 0 Å². The maximum Gasteiger partial charge on any atom is 0.109 e. The molecule has 0 aliphatic rings. The van der Waals surface area contributed by atoms with Crippen molar-refractivity contribution in [1.82, 2.24) is 0 Å². The Kier molecular flexibility index (Phi) is 4.36. The second-order valence-electron chi connectivity index (χ2n) is 1.35. The SMILES string of the molecule is BBCBC. The predicted molar refractivity (Wildman–Crippen MR) is 33.5 cm³/mol. The summed E-state index contributed by atoms with van der Waals surface area (Å²) < 4.78 is 0. The van der Waals surface area contributed by atoms with Crippen molar-refractivity contribution in [2.24, 2.45) is 0 Å². The number of hydrogen-bond donors (Lipinski definition) is 0. The van der Waals surface area contributed by atoms with Crippen LogP contribution in [-0.4, -0.2) is 22.2 Å². The molecule has 0 nitrogen and oxygen atoms in total. The largest absolute Gasteiger partial charge is 0.109 e. The van der Waals surface area contributed by atoms with E-state index >= 15 is 0 Å². The van der Waals surface area contributed by atoms with E-state index in [0.29, 0.717) is 0 Å². The van der Waals surface area contributed by atoms with Crippen LogP contribution in [0, 0.1) is 0 Å². The van der Waals surface area contributed by atoms with E-state index in [1.54, 1.807) is 0 Å². The van der Waals surface area contributed by atoms with Crippen molar-refractivity contribution >= 4 is 22.2 Å². The van der Waals surface area contributed by atoms with Crippen LogP contribution in [0.15, 0.2) is 0 Å². The van der Waals surface area contributed by atoms with Crippen LogP contribution in [0.2, 0.25) is 13.0 Å². The first-order valence-corrected chi connectivity index (χ1v) is 2.41. The molecular weight excluding hydrogens is 56.5 g/mol. The fraction of sp³-hybridized carbons (Fsp3) is 1.00. The van der Waals surface area contributed by atoms with Gasteiger partial charge in [-0.15, -0.1) is 6.22 Å². The normalized spacial score (nSPS) is 6.60. The lowest BCUT2D eigenvalue weighted by molar-refractivity contribution is 1.98. The van der Waals surface area contributed by atoms with Crippen molar-refractivity contribution < 1.29 is 0 Å². The Balaban J connectivity index is 2.19. The van der Waals surface area contributed by atoms with Gasteiger partial charge < -0.3 is 0 Å². The Morgan fingerprint density at radius 1 is 1.80 bits per heavy atom. The van der Waals surface area contributed by atoms with Crippen LogP contribution in [-0.2, 0) is 0 Å². The second-order valence-corrected chi connectivity index (χ2v) is 1.35. The Hall–Kier alpha value is 0.195. The van der Waals surface area contributed by atoms with Gasteiger partial charge in [-0.25, -0.2) is 0 Å². The average Bonchev–Trinajstić information content (AvgIpc) is 1.41. The van der Waals surface area contributed by atoms with Gasteiger partial charge in [-0.1, -0.05) is 6.82 Å². The first kappa shape index (κ1) is 5.19. The summed E-state index contributed by atoms with van der Waals surface area (Å²) >= 11 is 0. The monoisotopic (exact) mass is 66.1 g/mol. The highest BCUT2D eigenvalue weighted by molar-refractivity contribution is 6.93. The first-order valence-electron chi connectivity index (χ1n) is 2.41. The van der Waals surface area contributed by atoms with E-state index in [1.165, 1.54) is 20.7 Å². The summed E-state index contributed by atoms with van der Waals surface area (Å²) in [5.74, 6) is 0. The van der Waals surface area contributed by atoms with E-state index < -0.39 is 0 Å². The van der Waals surface area contributed by atoms with Gasteiger partial charge in [0.2, 0.25) is 0 Å². The minimum atomic E-state index is 1.34. The van der Waals surface area contributed by atoms with Crippen LogP contribution in [0.3, 0.4) is 0 Å². The molecule has 0 radical (unpaired) electrons. The highest BCUT2D eigenvalue weighted by Crippen LogP contribution is 1.64. The van der Waals surface area contributed by atoms with Crippen LogP contribution < -0.4 is 0 Å². The third kappa shape index (κ3) is 4.19. The van der Waals surface area contributed by atoms with Gasteiger partial charge in [0.15, 0.2) is 0 Å². The molecule has 5 heavy (non-hydrogen) atoms. The molecule has 0 saturated heterocycles. The van der Waals surface area contributed by atoms with Crippen LogP contribution in [0.5, 0.6) is 0 Å². The minimum absolute atomic E-state index is 1.34. The third-order valence-electron chi connectivity index (χ3n) is 0.707. The van der Waals surface area contributed by atoms with E-state index in [9.17, 15) is 0 Å². The maximum absolute atomic E-state index is 2.21. The summed E-state index contributed by atoms with van der Waals surface area (Å²) in [5.41, 5.74) is 0. The zero-order chi connectivity index (χ0) is 4.12. The fourth-order valence-electron chi connectivity index (χ4n) is 0.354. The van der Waals surface area contributed by atoms with Crippen molar-refractivity contribution in [3.63, 3.8) is 0 Å². The Bertz CT molecular complexity index is 12.4. The summed E-state index contributed by atoms with van der Waals surface area (Å²) in [6.45, 7) is 2.21. The Labute approximate surface area is 36.2 Å². The summed E-state index contributed by atoms with van der Waals surface area (Å²) in [6, 6.07) is 0. The quantitative estimate of drug-likeness (QED) is 0.356. The molecule has 0 amide bonds. The molecule has 0 aromatic heterocycles. The summed E-state index contributed by atoms with van der Waals surface area (Å²) in [7, 11) is 4.90. The first-order chi connectivity index (χ1) is 2.41. The fourth-order valence-corrected chi connectivity index (χ4v) is 0.354. The molecular formula is C2H9B3. The average molecular weight is 65.5 g/mol. The summed E-state index contributed by atoms with van der Waals surface area (Å²) in [4.78, 5) is 0. The van der Waals surface area contributed by atoms with Crippen molar-refractivity contribution in [1.29, 1.82) is 0 Å². The molecule has 0 aromatic rings. The third-order valence-corrected chi connectivity index (χ3v) is 0.707. The van der Waals surface area contributed by atoms with Gasteiger partial charge in [0, 0.05) is 0 Å². The number of rotatable bonds is 2. The molecule has 0 heterocycles. The molecule has 0 N–H and O–H groups in total. The van der Waals surface area contributed by atoms with Crippen LogP contribution in [0.1, 0.15) is 0 Å². The minimum Gasteiger partial charge on any atom is -0.108 e. The molecule has 0 spiro atoms. The molecule has 3 heteroatoms. The van der Waals surface area contributed by atoms with Crippen molar-refractivity contribution in [2.75, 3.05) is 0 Å². The summed E-state index contributed by atoms with van der Waals surface area (Å²) in [5, 5.41) is 0. The van der Waals surface area contributed by atoms with Crippen molar-refractivity contribution in [3.05, 3.63) is 0 Å². The van der Waals surface area contributed by atoms with E-state index in [2.05, 4.69) is 14.6 Å². The Morgan fingerprint density at radius 3 is 2.40 bits per heavy atom. The smallest absolute Gasteiger partial charge is 0.108 e. The number of hydrogen-bond acceptors (Lipinski definition) is 0. The van der Waals surface area contributed by atoms with Crippen LogP contribution >= 0.6 is 0 Å². The van der Waals surface area contributed by atoms with E-state index in [-0.39, 0.29) is 0 Å². The lowest BCUT2D eigenvalue weighted by Gasteiger charge is -1.73. The van der Waals surface area contributed by atoms with Gasteiger partial charge in [-0.3, -0.25) is 0 Å². The zero-order valence-electron chi connectivity index (χ0n) is 4.12. The standard InChI is InChI=1S/C2H9B3/c1-4-2-5-3/h4-5H,2-3H2,1H3. The zero-order valence-corrected chi connectivity index (χ0v) is 4.12. The molecule has 0 aliphatic carbocycles. The van der Waals surface area contributed by atoms with Crippen LogP contribution in [0.25, 0.3) is 0 Å². The van der Waals surface area contributed by atoms with Gasteiger partial charge in [-0.05, 0) is 0 Å². The van der Waals surface area contributed by atoms with Gasteiger partial charge in [-0.2, -0.15) is 0 Å². The molecule has 0 aromatic carbocycles. The Morgan fingerprint density at radius 2 is 2.40 bits per heavy atom. The van der Waals surface area contributed by atoms with Crippen molar-refractivity contribution in [2.45, 2.75) is 13.0 Å². The molecule has 26 valence electrons. The van der Waals surface area contributed by atoms with Gasteiger partial charge >= 0.3 is 0 Å². The lowest BCUT2D eigenvalue weighted by atomic mass is 9.44. The van der Waals surface area contributed by atoms with Crippen molar-refractivity contribution in [3.8, 4) is 0 Å². The predicted octanol–water partition coefficient (Wildman–Crippen LogP) is -1.17. The molecule has 0 saturated carbocycles. The lowest BCUT2D eigenvalue weighted by Crippen LogP contribution is -1.90. The van der Waals surface area contributed by atoms with Gasteiger partial charge in [0.1, 0.15) is 7.28 Å². The van der Waals surface area contributed by atoms with E-state index in [1.807, 2.05) is 0 Å². The molecule has 0 rings (SSSR count). The molecule has 0 atom stereocenters. The van der Waals surface area contributed by atoms with Crippen LogP contribution in [0.4, 0.5) is 0 Å². The maximum atomic E-state index is 2.21. The van der Waals surface area contributed by atoms with E-state index in [4.69, 9.17) is 0 Å². The highest BCUT2D eigenvalue weighted by atomic mass is 13.2. The van der Waals surface area contributed by atoms with Gasteiger partial charge in [0.05, 0.1) is 14.9 Å². The highest BCUT2D eigenvalue weighted by Gasteiger charge is 1.74. The topological polar surface area (TPSA) is 0 Å². The molecule has 0 bridgehead atoms. The van der Waals surface area contributed by atoms with E-state index in [0.717, 1.165) is 0 Å². The molecule has 0 fully saturated rings. The second kappa shape index (κ2) is 4.19. The summed E-state index contributed by atoms with van der Waals surface area (Å²) in [6.07, 6.45) is 1.39.